The Hall–Kier alpha value is -1.01. The summed E-state index contributed by atoms with van der Waals surface area (Å²) in [5.41, 5.74) is 0. The van der Waals surface area contributed by atoms with E-state index in [2.05, 4.69) is 19.2 Å². The molecule has 1 amide bonds. The summed E-state index contributed by atoms with van der Waals surface area (Å²) in [6.07, 6.45) is 21.0. The largest absolute Gasteiger partial charge is 0.394 e. The van der Waals surface area contributed by atoms with E-state index in [0.29, 0.717) is 12.8 Å². The number of unbranched alkanes of at least 4 members (excludes halogenated alkanes) is 28. The maximum Gasteiger partial charge on any atom is 0.220 e. The van der Waals surface area contributed by atoms with E-state index in [-0.39, 0.29) is 12.5 Å². The Kier molecular flexibility index (Phi) is 35.0. The predicted octanol–water partition coefficient (Wildman–Crippen LogP) is 7.00. The molecule has 0 aromatic rings. The maximum absolute atomic E-state index is 13.2. The van der Waals surface area contributed by atoms with Crippen molar-refractivity contribution in [3.05, 3.63) is 0 Å². The Morgan fingerprint density at radius 1 is 0.500 bits per heavy atom. The quantitative estimate of drug-likeness (QED) is 0.0282. The minimum absolute atomic E-state index is 0.204. The Balaban J connectivity index is 1.80. The number of amides is 1. The zero-order valence-corrected chi connectivity index (χ0v) is 40.3. The van der Waals surface area contributed by atoms with E-state index in [1.54, 1.807) is 0 Å². The van der Waals surface area contributed by atoms with E-state index in [0.717, 1.165) is 51.4 Å². The second kappa shape index (κ2) is 37.9. The minimum atomic E-state index is -1.78. The fourth-order valence-electron chi connectivity index (χ4n) is 9.00. The molecule has 12 unspecified atom stereocenters. The van der Waals surface area contributed by atoms with Crippen LogP contribution in [-0.2, 0) is 23.7 Å². The highest BCUT2D eigenvalue weighted by Gasteiger charge is 2.51. The number of aliphatic hydroxyl groups is 8. The molecule has 14 heteroatoms. The van der Waals surface area contributed by atoms with Gasteiger partial charge < -0.3 is 65.1 Å². The summed E-state index contributed by atoms with van der Waals surface area (Å²) in [6, 6.07) is -0.820. The smallest absolute Gasteiger partial charge is 0.220 e. The molecule has 9 N–H and O–H groups in total. The van der Waals surface area contributed by atoms with Crippen LogP contribution >= 0.6 is 0 Å². The average molecular weight is 920 g/mol. The van der Waals surface area contributed by atoms with E-state index in [1.807, 2.05) is 0 Å². The maximum atomic E-state index is 13.2. The van der Waals surface area contributed by atoms with E-state index in [1.165, 1.54) is 141 Å². The first kappa shape index (κ1) is 59.1. The summed E-state index contributed by atoms with van der Waals surface area (Å²) in [4.78, 5) is 13.2. The molecular formula is C50H97NO13. The van der Waals surface area contributed by atoms with Gasteiger partial charge in [-0.3, -0.25) is 4.79 Å². The van der Waals surface area contributed by atoms with Gasteiger partial charge in [0.25, 0.3) is 0 Å². The van der Waals surface area contributed by atoms with Crippen LogP contribution in [0, 0.1) is 0 Å². The van der Waals surface area contributed by atoms with Crippen LogP contribution < -0.4 is 5.32 Å². The molecule has 64 heavy (non-hydrogen) atoms. The Morgan fingerprint density at radius 2 is 0.891 bits per heavy atom. The van der Waals surface area contributed by atoms with Gasteiger partial charge in [-0.25, -0.2) is 0 Å². The van der Waals surface area contributed by atoms with Crippen molar-refractivity contribution in [3.8, 4) is 0 Å². The van der Waals surface area contributed by atoms with Crippen molar-refractivity contribution in [3.63, 3.8) is 0 Å². The lowest BCUT2D eigenvalue weighted by Gasteiger charge is -2.46. The van der Waals surface area contributed by atoms with Crippen molar-refractivity contribution < 1.29 is 64.6 Å². The van der Waals surface area contributed by atoms with Crippen molar-refractivity contribution in [1.29, 1.82) is 0 Å². The third-order valence-corrected chi connectivity index (χ3v) is 13.3. The molecule has 2 aliphatic rings. The number of carbonyl (C=O) groups is 1. The highest BCUT2D eigenvalue weighted by atomic mass is 16.7. The van der Waals surface area contributed by atoms with Crippen LogP contribution in [0.3, 0.4) is 0 Å². The van der Waals surface area contributed by atoms with Crippen LogP contribution in [0.1, 0.15) is 219 Å². The van der Waals surface area contributed by atoms with Gasteiger partial charge in [0.15, 0.2) is 12.6 Å². The molecule has 12 atom stereocenters. The van der Waals surface area contributed by atoms with Crippen molar-refractivity contribution in [2.45, 2.75) is 293 Å². The van der Waals surface area contributed by atoms with Crippen LogP contribution in [0.25, 0.3) is 0 Å². The number of hydrogen-bond donors (Lipinski definition) is 9. The monoisotopic (exact) mass is 920 g/mol. The first-order valence-corrected chi connectivity index (χ1v) is 26.3. The molecule has 0 bridgehead atoms. The second-order valence-corrected chi connectivity index (χ2v) is 19.0. The van der Waals surface area contributed by atoms with E-state index in [9.17, 15) is 45.6 Å². The average Bonchev–Trinajstić information content (AvgIpc) is 3.29. The van der Waals surface area contributed by atoms with Crippen molar-refractivity contribution in [2.75, 3.05) is 19.8 Å². The molecule has 0 aromatic heterocycles. The number of carbonyl (C=O) groups excluding carboxylic acids is 1. The van der Waals surface area contributed by atoms with Gasteiger partial charge in [0.05, 0.1) is 32.0 Å². The van der Waals surface area contributed by atoms with Gasteiger partial charge in [-0.2, -0.15) is 0 Å². The number of nitrogens with one attached hydrogen (secondary N) is 1. The normalized spacial score (nSPS) is 27.2. The molecule has 2 rings (SSSR count). The number of aliphatic hydroxyl groups excluding tert-OH is 8. The molecule has 2 fully saturated rings. The summed E-state index contributed by atoms with van der Waals surface area (Å²) in [5, 5.41) is 86.9. The van der Waals surface area contributed by atoms with E-state index < -0.39 is 86.8 Å². The van der Waals surface area contributed by atoms with Gasteiger partial charge in [-0.1, -0.05) is 200 Å². The highest BCUT2D eigenvalue weighted by Crippen LogP contribution is 2.30. The molecule has 0 spiro atoms. The molecule has 2 heterocycles. The molecule has 2 aliphatic heterocycles. The third kappa shape index (κ3) is 24.8. The number of rotatable bonds is 41. The van der Waals surface area contributed by atoms with Gasteiger partial charge in [0.2, 0.25) is 5.91 Å². The fraction of sp³-hybridized carbons (Fsp3) is 0.980. The Bertz CT molecular complexity index is 1090. The molecule has 0 aliphatic carbocycles. The fourth-order valence-corrected chi connectivity index (χ4v) is 9.00. The summed E-state index contributed by atoms with van der Waals surface area (Å²) in [7, 11) is 0. The molecule has 380 valence electrons. The molecule has 14 nitrogen and oxygen atoms in total. The lowest BCUT2D eigenvalue weighted by atomic mass is 9.97. The van der Waals surface area contributed by atoms with Gasteiger partial charge in [-0.15, -0.1) is 0 Å². The van der Waals surface area contributed by atoms with Crippen LogP contribution in [0.5, 0.6) is 0 Å². The zero-order chi connectivity index (χ0) is 46.8. The van der Waals surface area contributed by atoms with Crippen LogP contribution in [0.2, 0.25) is 0 Å². The third-order valence-electron chi connectivity index (χ3n) is 13.3. The first-order chi connectivity index (χ1) is 31.1. The van der Waals surface area contributed by atoms with Gasteiger partial charge in [0.1, 0.15) is 48.8 Å². The van der Waals surface area contributed by atoms with Gasteiger partial charge in [0, 0.05) is 6.42 Å². The summed E-state index contributed by atoms with van der Waals surface area (Å²) < 4.78 is 22.7. The lowest BCUT2D eigenvalue weighted by Crippen LogP contribution is -2.65. The molecule has 0 aromatic carbocycles. The van der Waals surface area contributed by atoms with Crippen LogP contribution in [0.4, 0.5) is 0 Å². The van der Waals surface area contributed by atoms with Crippen LogP contribution in [-0.4, -0.2) is 140 Å². The lowest BCUT2D eigenvalue weighted by molar-refractivity contribution is -0.359. The summed E-state index contributed by atoms with van der Waals surface area (Å²) >= 11 is 0. The SMILES string of the molecule is CCCCCCCCCCCCCCCCCCCCC(=O)NC(COC1OC(CO)C(OC2OC(CO)C(O)C(O)C2O)C(O)C1O)C(O)CCCCCCCCCCCCCC. The summed E-state index contributed by atoms with van der Waals surface area (Å²) in [6.45, 7) is 2.86. The standard InChI is InChI=1S/C50H97NO13/c1-3-5-7-9-11-13-15-17-18-19-20-21-22-24-26-28-30-32-34-42(55)51-38(39(54)33-31-29-27-25-23-16-14-12-10-8-6-4-2)37-61-49-47(60)45(58)48(41(36-53)63-49)64-50-46(59)44(57)43(56)40(35-52)62-50/h38-41,43-50,52-54,56-60H,3-37H2,1-2H3,(H,51,55). The Labute approximate surface area is 387 Å². The molecule has 0 saturated carbocycles. The van der Waals surface area contributed by atoms with Crippen molar-refractivity contribution in [2.24, 2.45) is 0 Å². The van der Waals surface area contributed by atoms with Crippen LogP contribution in [0.15, 0.2) is 0 Å². The predicted molar refractivity (Wildman–Crippen MR) is 249 cm³/mol. The van der Waals surface area contributed by atoms with Crippen molar-refractivity contribution in [1.82, 2.24) is 5.32 Å². The zero-order valence-electron chi connectivity index (χ0n) is 40.3. The second-order valence-electron chi connectivity index (χ2n) is 19.0. The van der Waals surface area contributed by atoms with E-state index in [4.69, 9.17) is 18.9 Å². The Morgan fingerprint density at radius 3 is 1.33 bits per heavy atom. The number of ether oxygens (including phenoxy) is 4. The van der Waals surface area contributed by atoms with Gasteiger partial charge in [-0.05, 0) is 12.8 Å². The topological polar surface area (TPSA) is 228 Å². The van der Waals surface area contributed by atoms with E-state index >= 15 is 0 Å². The van der Waals surface area contributed by atoms with Gasteiger partial charge >= 0.3 is 0 Å². The minimum Gasteiger partial charge on any atom is -0.394 e. The highest BCUT2D eigenvalue weighted by molar-refractivity contribution is 5.76. The molecule has 2 saturated heterocycles. The first-order valence-electron chi connectivity index (χ1n) is 26.3. The molecule has 0 radical (unpaired) electrons. The summed E-state index contributed by atoms with van der Waals surface area (Å²) in [5.74, 6) is -0.204. The number of hydrogen-bond acceptors (Lipinski definition) is 13. The molecular weight excluding hydrogens is 823 g/mol. The van der Waals surface area contributed by atoms with Crippen molar-refractivity contribution >= 4 is 5.91 Å².